The van der Waals surface area contributed by atoms with E-state index in [1.807, 2.05) is 0 Å². The Balaban J connectivity index is 1.68. The van der Waals surface area contributed by atoms with Crippen molar-refractivity contribution in [2.75, 3.05) is 0 Å². The van der Waals surface area contributed by atoms with Crippen LogP contribution in [0.25, 0.3) is 21.5 Å². The maximum absolute atomic E-state index is 14.4. The summed E-state index contributed by atoms with van der Waals surface area (Å²) in [7, 11) is 0. The molecule has 7 heteroatoms. The van der Waals surface area contributed by atoms with Crippen molar-refractivity contribution < 1.29 is 23.2 Å². The van der Waals surface area contributed by atoms with E-state index in [9.17, 15) is 23.2 Å². The van der Waals surface area contributed by atoms with Crippen molar-refractivity contribution in [3.8, 4) is 0 Å². The number of urea groups is 1. The lowest BCUT2D eigenvalue weighted by molar-refractivity contribution is -0.144. The van der Waals surface area contributed by atoms with E-state index < -0.39 is 34.9 Å². The number of hydrogen-bond donors (Lipinski definition) is 2. The molecule has 1 aliphatic rings. The molecule has 1 heterocycles. The van der Waals surface area contributed by atoms with Crippen molar-refractivity contribution >= 4 is 39.4 Å². The van der Waals surface area contributed by atoms with Crippen molar-refractivity contribution in [3.05, 3.63) is 95.6 Å². The Kier molecular flexibility index (Phi) is 4.89. The number of imide groups is 2. The maximum atomic E-state index is 14.4. The molecule has 0 aromatic heterocycles. The number of amides is 4. The van der Waals surface area contributed by atoms with Gasteiger partial charge in [-0.25, -0.2) is 13.6 Å². The molecule has 4 amide bonds. The molecule has 4 aromatic rings. The lowest BCUT2D eigenvalue weighted by Crippen LogP contribution is -2.64. The molecular formula is C26H18F2N2O3. The van der Waals surface area contributed by atoms with Crippen molar-refractivity contribution in [2.24, 2.45) is 5.41 Å². The van der Waals surface area contributed by atoms with E-state index in [0.29, 0.717) is 32.7 Å². The van der Waals surface area contributed by atoms with Crippen LogP contribution in [-0.2, 0) is 22.4 Å². The van der Waals surface area contributed by atoms with Crippen LogP contribution in [-0.4, -0.2) is 17.8 Å². The molecule has 5 rings (SSSR count). The summed E-state index contributed by atoms with van der Waals surface area (Å²) in [5.74, 6) is -2.34. The van der Waals surface area contributed by atoms with Crippen LogP contribution < -0.4 is 10.6 Å². The highest BCUT2D eigenvalue weighted by molar-refractivity contribution is 6.19. The lowest BCUT2D eigenvalue weighted by Gasteiger charge is -2.34. The van der Waals surface area contributed by atoms with Crippen LogP contribution in [0.4, 0.5) is 13.6 Å². The van der Waals surface area contributed by atoms with E-state index in [1.54, 1.807) is 60.7 Å². The Morgan fingerprint density at radius 3 is 1.39 bits per heavy atom. The molecule has 0 atom stereocenters. The van der Waals surface area contributed by atoms with Crippen LogP contribution in [0.3, 0.4) is 0 Å². The summed E-state index contributed by atoms with van der Waals surface area (Å²) in [6.45, 7) is 0. The van der Waals surface area contributed by atoms with E-state index in [1.165, 1.54) is 12.1 Å². The molecule has 2 N–H and O–H groups in total. The fraction of sp³-hybridized carbons (Fsp3) is 0.115. The number of barbiturate groups is 1. The minimum Gasteiger partial charge on any atom is -0.277 e. The molecule has 1 fully saturated rings. The smallest absolute Gasteiger partial charge is 0.277 e. The number of carbonyl (C=O) groups is 3. The molecule has 33 heavy (non-hydrogen) atoms. The molecule has 0 unspecified atom stereocenters. The summed E-state index contributed by atoms with van der Waals surface area (Å²) < 4.78 is 28.7. The second kappa shape index (κ2) is 7.78. The van der Waals surface area contributed by atoms with Gasteiger partial charge in [0.1, 0.15) is 17.0 Å². The molecule has 1 saturated heterocycles. The van der Waals surface area contributed by atoms with Gasteiger partial charge < -0.3 is 0 Å². The monoisotopic (exact) mass is 444 g/mol. The molecule has 0 bridgehead atoms. The minimum absolute atomic E-state index is 0.0789. The molecule has 1 aliphatic heterocycles. The third-order valence-electron chi connectivity index (χ3n) is 6.23. The van der Waals surface area contributed by atoms with Crippen LogP contribution in [0, 0.1) is 17.0 Å². The topological polar surface area (TPSA) is 75.3 Å². The Hall–Kier alpha value is -4.13. The van der Waals surface area contributed by atoms with E-state index in [2.05, 4.69) is 10.6 Å². The maximum Gasteiger partial charge on any atom is 0.328 e. The van der Waals surface area contributed by atoms with E-state index in [0.717, 1.165) is 0 Å². The first-order valence-corrected chi connectivity index (χ1v) is 10.4. The second-order valence-corrected chi connectivity index (χ2v) is 8.18. The standard InChI is InChI=1S/C26H18F2N2O3/c27-21-11-9-15(17-5-1-3-7-19(17)21)13-26(23(31)29-25(33)30-24(26)32)14-16-10-12-22(28)20-8-4-2-6-18(16)20/h1-12H,13-14H2,(H2,29,30,31,32,33). The fourth-order valence-corrected chi connectivity index (χ4v) is 4.57. The van der Waals surface area contributed by atoms with Crippen molar-refractivity contribution in [3.63, 3.8) is 0 Å². The highest BCUT2D eigenvalue weighted by atomic mass is 19.1. The average molecular weight is 444 g/mol. The minimum atomic E-state index is -1.70. The van der Waals surface area contributed by atoms with E-state index >= 15 is 0 Å². The largest absolute Gasteiger partial charge is 0.328 e. The Morgan fingerprint density at radius 1 is 0.576 bits per heavy atom. The molecule has 0 spiro atoms. The summed E-state index contributed by atoms with van der Waals surface area (Å²) in [5.41, 5.74) is -0.536. The summed E-state index contributed by atoms with van der Waals surface area (Å²) in [5, 5.41) is 6.27. The quantitative estimate of drug-likeness (QED) is 0.458. The number of fused-ring (bicyclic) bond motifs is 2. The molecular weight excluding hydrogens is 426 g/mol. The lowest BCUT2D eigenvalue weighted by atomic mass is 9.72. The van der Waals surface area contributed by atoms with Crippen LogP contribution in [0.5, 0.6) is 0 Å². The summed E-state index contributed by atoms with van der Waals surface area (Å²) in [6, 6.07) is 18.4. The van der Waals surface area contributed by atoms with Gasteiger partial charge in [0.2, 0.25) is 11.8 Å². The van der Waals surface area contributed by atoms with Gasteiger partial charge in [0.15, 0.2) is 0 Å². The van der Waals surface area contributed by atoms with Crippen molar-refractivity contribution in [1.82, 2.24) is 10.6 Å². The SMILES string of the molecule is O=C1NC(=O)C(Cc2ccc(F)c3ccccc23)(Cc2ccc(F)c3ccccc23)C(=O)N1. The summed E-state index contributed by atoms with van der Waals surface area (Å²) in [6.07, 6.45) is -0.158. The van der Waals surface area contributed by atoms with Gasteiger partial charge in [-0.1, -0.05) is 60.7 Å². The van der Waals surface area contributed by atoms with Gasteiger partial charge in [-0.2, -0.15) is 0 Å². The van der Waals surface area contributed by atoms with Gasteiger partial charge in [-0.3, -0.25) is 20.2 Å². The van der Waals surface area contributed by atoms with Gasteiger partial charge in [0.05, 0.1) is 0 Å². The van der Waals surface area contributed by atoms with Crippen LogP contribution in [0.1, 0.15) is 11.1 Å². The average Bonchev–Trinajstić information content (AvgIpc) is 2.81. The number of benzene rings is 4. The highest BCUT2D eigenvalue weighted by Crippen LogP contribution is 2.36. The van der Waals surface area contributed by atoms with E-state index in [-0.39, 0.29) is 12.8 Å². The number of halogens is 2. The molecule has 0 saturated carbocycles. The summed E-state index contributed by atoms with van der Waals surface area (Å²) in [4.78, 5) is 38.2. The van der Waals surface area contributed by atoms with Crippen LogP contribution in [0.2, 0.25) is 0 Å². The fourth-order valence-electron chi connectivity index (χ4n) is 4.57. The predicted octanol–water partition coefficient (Wildman–Crippen LogP) is 4.41. The summed E-state index contributed by atoms with van der Waals surface area (Å²) >= 11 is 0. The molecule has 0 aliphatic carbocycles. The van der Waals surface area contributed by atoms with Gasteiger partial charge >= 0.3 is 6.03 Å². The third-order valence-corrected chi connectivity index (χ3v) is 6.23. The molecule has 164 valence electrons. The number of rotatable bonds is 4. The van der Waals surface area contributed by atoms with E-state index in [4.69, 9.17) is 0 Å². The van der Waals surface area contributed by atoms with Gasteiger partial charge in [0, 0.05) is 10.8 Å². The Labute approximate surface area is 187 Å². The zero-order valence-corrected chi connectivity index (χ0v) is 17.3. The van der Waals surface area contributed by atoms with Crippen LogP contribution >= 0.6 is 0 Å². The number of nitrogens with one attached hydrogen (secondary N) is 2. The van der Waals surface area contributed by atoms with Crippen molar-refractivity contribution in [1.29, 1.82) is 0 Å². The molecule has 4 aromatic carbocycles. The number of hydrogen-bond acceptors (Lipinski definition) is 3. The predicted molar refractivity (Wildman–Crippen MR) is 119 cm³/mol. The van der Waals surface area contributed by atoms with Gasteiger partial charge in [-0.05, 0) is 46.9 Å². The van der Waals surface area contributed by atoms with Gasteiger partial charge in [0.25, 0.3) is 0 Å². The zero-order valence-electron chi connectivity index (χ0n) is 17.3. The first-order chi connectivity index (χ1) is 15.9. The molecule has 5 nitrogen and oxygen atoms in total. The Bertz CT molecular complexity index is 1360. The van der Waals surface area contributed by atoms with Crippen molar-refractivity contribution in [2.45, 2.75) is 12.8 Å². The van der Waals surface area contributed by atoms with Gasteiger partial charge in [-0.15, -0.1) is 0 Å². The third kappa shape index (κ3) is 3.42. The second-order valence-electron chi connectivity index (χ2n) is 8.18. The highest BCUT2D eigenvalue weighted by Gasteiger charge is 2.50. The zero-order chi connectivity index (χ0) is 23.2. The first kappa shape index (κ1) is 20.8. The normalized spacial score (nSPS) is 15.5. The Morgan fingerprint density at radius 2 is 0.970 bits per heavy atom. The number of carbonyl (C=O) groups excluding carboxylic acids is 3. The first-order valence-electron chi connectivity index (χ1n) is 10.4. The van der Waals surface area contributed by atoms with Crippen LogP contribution in [0.15, 0.2) is 72.8 Å². The molecule has 0 radical (unpaired) electrons.